The summed E-state index contributed by atoms with van der Waals surface area (Å²) in [4.78, 5) is 2.24. The highest BCUT2D eigenvalue weighted by atomic mass is 16.5. The van der Waals surface area contributed by atoms with E-state index in [4.69, 9.17) is 9.47 Å². The van der Waals surface area contributed by atoms with E-state index in [0.717, 1.165) is 31.0 Å². The molecule has 0 atom stereocenters. The maximum atomic E-state index is 5.95. The van der Waals surface area contributed by atoms with E-state index in [1.165, 1.54) is 22.9 Å². The Morgan fingerprint density at radius 2 is 1.69 bits per heavy atom. The van der Waals surface area contributed by atoms with E-state index in [0.29, 0.717) is 6.61 Å². The van der Waals surface area contributed by atoms with Crippen LogP contribution in [0.2, 0.25) is 0 Å². The van der Waals surface area contributed by atoms with Crippen molar-refractivity contribution in [2.75, 3.05) is 34.4 Å². The first kappa shape index (κ1) is 18.3. The summed E-state index contributed by atoms with van der Waals surface area (Å²) in [5.41, 5.74) is 2.69. The summed E-state index contributed by atoms with van der Waals surface area (Å²) in [6.07, 6.45) is 4.55. The van der Waals surface area contributed by atoms with Crippen molar-refractivity contribution in [2.24, 2.45) is 0 Å². The molecule has 0 fully saturated rings. The maximum absolute atomic E-state index is 5.95. The highest BCUT2D eigenvalue weighted by Gasteiger charge is 2.09. The molecule has 3 aromatic rings. The van der Waals surface area contributed by atoms with Gasteiger partial charge >= 0.3 is 0 Å². The molecule has 0 radical (unpaired) electrons. The number of rotatable bonds is 9. The zero-order valence-electron chi connectivity index (χ0n) is 15.9. The predicted octanol–water partition coefficient (Wildman–Crippen LogP) is 4.22. The lowest BCUT2D eigenvalue weighted by atomic mass is 10.1. The molecule has 3 rings (SSSR count). The average molecular weight is 352 g/mol. The summed E-state index contributed by atoms with van der Waals surface area (Å²) in [7, 11) is 5.92. The van der Waals surface area contributed by atoms with Gasteiger partial charge in [-0.05, 0) is 57.2 Å². The lowest BCUT2D eigenvalue weighted by molar-refractivity contribution is 0.281. The molecule has 2 aromatic carbocycles. The van der Waals surface area contributed by atoms with Crippen molar-refractivity contribution in [2.45, 2.75) is 19.4 Å². The first-order chi connectivity index (χ1) is 12.7. The minimum absolute atomic E-state index is 0.607. The second-order valence-electron chi connectivity index (χ2n) is 6.77. The average Bonchev–Trinajstić information content (AvgIpc) is 3.00. The van der Waals surface area contributed by atoms with Gasteiger partial charge in [0.2, 0.25) is 0 Å². The van der Waals surface area contributed by atoms with E-state index in [2.05, 4.69) is 54.0 Å². The molecule has 1 aromatic heterocycles. The summed E-state index contributed by atoms with van der Waals surface area (Å²) < 4.78 is 13.6. The molecular weight excluding hydrogens is 324 g/mol. The van der Waals surface area contributed by atoms with Crippen LogP contribution < -0.4 is 9.47 Å². The molecule has 0 aliphatic heterocycles. The highest BCUT2D eigenvalue weighted by molar-refractivity contribution is 5.84. The Bertz CT molecular complexity index is 839. The smallest absolute Gasteiger partial charge is 0.161 e. The van der Waals surface area contributed by atoms with Gasteiger partial charge in [0.15, 0.2) is 11.5 Å². The van der Waals surface area contributed by atoms with E-state index in [1.807, 2.05) is 24.3 Å². The van der Waals surface area contributed by atoms with Crippen LogP contribution in [0.5, 0.6) is 11.5 Å². The van der Waals surface area contributed by atoms with Crippen LogP contribution in [0.15, 0.2) is 54.7 Å². The number of fused-ring (bicyclic) bond motifs is 1. The number of aromatic nitrogens is 1. The SMILES string of the molecule is COc1ccccc1OCCn1cc(CCCN(C)C)c2ccccc21. The second kappa shape index (κ2) is 8.77. The van der Waals surface area contributed by atoms with Crippen LogP contribution in [0.1, 0.15) is 12.0 Å². The fourth-order valence-corrected chi connectivity index (χ4v) is 3.28. The number of aryl methyl sites for hydroxylation is 1. The third kappa shape index (κ3) is 4.38. The fraction of sp³-hybridized carbons (Fsp3) is 0.364. The van der Waals surface area contributed by atoms with Crippen LogP contribution in [0.4, 0.5) is 0 Å². The minimum atomic E-state index is 0.607. The normalized spacial score (nSPS) is 11.2. The molecule has 138 valence electrons. The molecule has 0 N–H and O–H groups in total. The molecule has 0 spiro atoms. The molecule has 0 amide bonds. The standard InChI is InChI=1S/C22H28N2O2/c1-23(2)14-8-9-18-17-24(20-11-5-4-10-19(18)20)15-16-26-22-13-7-6-12-21(22)25-3/h4-7,10-13,17H,8-9,14-16H2,1-3H3. The number of nitrogens with zero attached hydrogens (tertiary/aromatic N) is 2. The first-order valence-corrected chi connectivity index (χ1v) is 9.16. The Morgan fingerprint density at radius 1 is 0.962 bits per heavy atom. The van der Waals surface area contributed by atoms with E-state index >= 15 is 0 Å². The van der Waals surface area contributed by atoms with Crippen LogP contribution >= 0.6 is 0 Å². The number of benzene rings is 2. The molecule has 0 bridgehead atoms. The third-order valence-electron chi connectivity index (χ3n) is 4.58. The van der Waals surface area contributed by atoms with Gasteiger partial charge in [-0.25, -0.2) is 0 Å². The van der Waals surface area contributed by atoms with Crippen LogP contribution in [-0.2, 0) is 13.0 Å². The Hall–Kier alpha value is -2.46. The van der Waals surface area contributed by atoms with Crippen LogP contribution in [0.25, 0.3) is 10.9 Å². The minimum Gasteiger partial charge on any atom is -0.493 e. The van der Waals surface area contributed by atoms with Crippen LogP contribution in [0.3, 0.4) is 0 Å². The number of ether oxygens (including phenoxy) is 2. The van der Waals surface area contributed by atoms with Gasteiger partial charge in [-0.3, -0.25) is 0 Å². The summed E-state index contributed by atoms with van der Waals surface area (Å²) >= 11 is 0. The van der Waals surface area contributed by atoms with Crippen molar-refractivity contribution in [3.8, 4) is 11.5 Å². The monoisotopic (exact) mass is 352 g/mol. The van der Waals surface area contributed by atoms with Gasteiger partial charge in [0.25, 0.3) is 0 Å². The summed E-state index contributed by atoms with van der Waals surface area (Å²) in [5.74, 6) is 1.56. The van der Waals surface area contributed by atoms with Gasteiger partial charge in [-0.1, -0.05) is 30.3 Å². The number of hydrogen-bond donors (Lipinski definition) is 0. The van der Waals surface area contributed by atoms with E-state index in [-0.39, 0.29) is 0 Å². The van der Waals surface area contributed by atoms with Crippen LogP contribution in [0, 0.1) is 0 Å². The van der Waals surface area contributed by atoms with Gasteiger partial charge in [0.1, 0.15) is 6.61 Å². The first-order valence-electron chi connectivity index (χ1n) is 9.16. The molecule has 0 unspecified atom stereocenters. The van der Waals surface area contributed by atoms with Crippen molar-refractivity contribution in [3.05, 3.63) is 60.3 Å². The molecule has 4 heteroatoms. The number of methoxy groups -OCH3 is 1. The topological polar surface area (TPSA) is 26.6 Å². The molecule has 26 heavy (non-hydrogen) atoms. The van der Waals surface area contributed by atoms with Gasteiger partial charge in [-0.2, -0.15) is 0 Å². The molecule has 0 aliphatic carbocycles. The largest absolute Gasteiger partial charge is 0.493 e. The number of para-hydroxylation sites is 3. The zero-order chi connectivity index (χ0) is 18.4. The van der Waals surface area contributed by atoms with Crippen molar-refractivity contribution in [1.29, 1.82) is 0 Å². The number of hydrogen-bond acceptors (Lipinski definition) is 3. The van der Waals surface area contributed by atoms with E-state index in [1.54, 1.807) is 7.11 Å². The molecular formula is C22H28N2O2. The molecule has 0 aliphatic rings. The van der Waals surface area contributed by atoms with Crippen molar-refractivity contribution in [3.63, 3.8) is 0 Å². The van der Waals surface area contributed by atoms with Gasteiger partial charge < -0.3 is 18.9 Å². The lowest BCUT2D eigenvalue weighted by Gasteiger charge is -2.11. The maximum Gasteiger partial charge on any atom is 0.161 e. The predicted molar refractivity (Wildman–Crippen MR) is 107 cm³/mol. The fourth-order valence-electron chi connectivity index (χ4n) is 3.28. The Morgan fingerprint density at radius 3 is 2.46 bits per heavy atom. The van der Waals surface area contributed by atoms with Crippen molar-refractivity contribution < 1.29 is 9.47 Å². The Labute approximate surface area is 155 Å². The lowest BCUT2D eigenvalue weighted by Crippen LogP contribution is -2.13. The zero-order valence-corrected chi connectivity index (χ0v) is 15.9. The highest BCUT2D eigenvalue weighted by Crippen LogP contribution is 2.26. The van der Waals surface area contributed by atoms with Gasteiger partial charge in [0.05, 0.1) is 13.7 Å². The summed E-state index contributed by atoms with van der Waals surface area (Å²) in [6.45, 7) is 2.53. The van der Waals surface area contributed by atoms with Crippen molar-refractivity contribution in [1.82, 2.24) is 9.47 Å². The Kier molecular flexibility index (Phi) is 6.18. The molecule has 4 nitrogen and oxygen atoms in total. The summed E-state index contributed by atoms with van der Waals surface area (Å²) in [6, 6.07) is 16.4. The third-order valence-corrected chi connectivity index (χ3v) is 4.58. The van der Waals surface area contributed by atoms with Gasteiger partial charge in [0, 0.05) is 17.1 Å². The molecule has 0 saturated carbocycles. The van der Waals surface area contributed by atoms with Crippen LogP contribution in [-0.4, -0.2) is 43.8 Å². The molecule has 0 saturated heterocycles. The van der Waals surface area contributed by atoms with E-state index < -0.39 is 0 Å². The quantitative estimate of drug-likeness (QED) is 0.577. The van der Waals surface area contributed by atoms with Crippen molar-refractivity contribution >= 4 is 10.9 Å². The Balaban J connectivity index is 1.69. The summed E-state index contributed by atoms with van der Waals surface area (Å²) in [5, 5.41) is 1.35. The molecule has 1 heterocycles. The second-order valence-corrected chi connectivity index (χ2v) is 6.77. The van der Waals surface area contributed by atoms with Gasteiger partial charge in [-0.15, -0.1) is 0 Å². The van der Waals surface area contributed by atoms with E-state index in [9.17, 15) is 0 Å².